The lowest BCUT2D eigenvalue weighted by molar-refractivity contribution is 0.306. The minimum Gasteiger partial charge on any atom is -0.489 e. The number of thiocarbonyl (C=S) groups is 1. The highest BCUT2D eigenvalue weighted by Gasteiger charge is 2.21. The van der Waals surface area contributed by atoms with Crippen molar-refractivity contribution in [3.05, 3.63) is 30.1 Å². The number of ether oxygens (including phenoxy) is 1. The van der Waals surface area contributed by atoms with Gasteiger partial charge < -0.3 is 15.4 Å². The third kappa shape index (κ3) is 4.19. The van der Waals surface area contributed by atoms with Crippen LogP contribution in [0.1, 0.15) is 12.8 Å². The highest BCUT2D eigenvalue weighted by Crippen LogP contribution is 2.18. The van der Waals surface area contributed by atoms with Crippen molar-refractivity contribution in [2.45, 2.75) is 18.9 Å². The molecule has 1 aromatic carbocycles. The van der Waals surface area contributed by atoms with Crippen LogP contribution in [-0.2, 0) is 0 Å². The highest BCUT2D eigenvalue weighted by molar-refractivity contribution is 7.80. The molecule has 2 rings (SSSR count). The fourth-order valence-electron chi connectivity index (χ4n) is 1.35. The maximum Gasteiger partial charge on any atom is 0.166 e. The van der Waals surface area contributed by atoms with Crippen LogP contribution in [0.5, 0.6) is 5.75 Å². The molecular weight excluding hydrogens is 239 g/mol. The van der Waals surface area contributed by atoms with Gasteiger partial charge in [0.15, 0.2) is 16.7 Å². The molecule has 0 heterocycles. The molecule has 5 heteroatoms. The van der Waals surface area contributed by atoms with Gasteiger partial charge in [0.25, 0.3) is 0 Å². The second-order valence-corrected chi connectivity index (χ2v) is 4.36. The van der Waals surface area contributed by atoms with E-state index >= 15 is 0 Å². The molecule has 17 heavy (non-hydrogen) atoms. The van der Waals surface area contributed by atoms with Crippen LogP contribution in [-0.4, -0.2) is 24.3 Å². The minimum atomic E-state index is -0.341. The van der Waals surface area contributed by atoms with Gasteiger partial charge in [0.1, 0.15) is 6.61 Å². The average Bonchev–Trinajstić information content (AvgIpc) is 3.10. The van der Waals surface area contributed by atoms with Crippen molar-refractivity contribution in [2.24, 2.45) is 0 Å². The Kier molecular flexibility index (Phi) is 4.14. The summed E-state index contributed by atoms with van der Waals surface area (Å²) in [7, 11) is 0. The maximum atomic E-state index is 13.2. The number of halogens is 1. The molecule has 92 valence electrons. The second kappa shape index (κ2) is 5.82. The zero-order valence-electron chi connectivity index (χ0n) is 9.41. The van der Waals surface area contributed by atoms with Crippen LogP contribution < -0.4 is 15.4 Å². The monoisotopic (exact) mass is 254 g/mol. The van der Waals surface area contributed by atoms with Crippen molar-refractivity contribution in [2.75, 3.05) is 13.2 Å². The van der Waals surface area contributed by atoms with E-state index in [4.69, 9.17) is 17.0 Å². The van der Waals surface area contributed by atoms with Crippen LogP contribution in [0.15, 0.2) is 24.3 Å². The zero-order chi connectivity index (χ0) is 12.1. The fourth-order valence-corrected chi connectivity index (χ4v) is 1.62. The van der Waals surface area contributed by atoms with Crippen molar-refractivity contribution >= 4 is 17.3 Å². The second-order valence-electron chi connectivity index (χ2n) is 3.95. The Morgan fingerprint density at radius 3 is 2.88 bits per heavy atom. The predicted octanol–water partition coefficient (Wildman–Crippen LogP) is 1.83. The number of benzene rings is 1. The topological polar surface area (TPSA) is 33.3 Å². The molecule has 1 aromatic rings. The standard InChI is InChI=1S/C12H15FN2OS/c13-10-3-1-2-4-11(10)16-8-7-14-12(17)15-9-5-6-9/h1-4,9H,5-8H2,(H2,14,15,17). The molecule has 2 N–H and O–H groups in total. The molecule has 0 unspecified atom stereocenters. The van der Waals surface area contributed by atoms with Crippen LogP contribution in [0.25, 0.3) is 0 Å². The Bertz CT molecular complexity index is 396. The van der Waals surface area contributed by atoms with Crippen molar-refractivity contribution in [3.8, 4) is 5.75 Å². The first kappa shape index (κ1) is 12.1. The molecule has 1 fully saturated rings. The Balaban J connectivity index is 1.62. The first-order valence-corrected chi connectivity index (χ1v) is 6.08. The summed E-state index contributed by atoms with van der Waals surface area (Å²) < 4.78 is 18.5. The summed E-state index contributed by atoms with van der Waals surface area (Å²) >= 11 is 5.07. The molecule has 3 nitrogen and oxygen atoms in total. The smallest absolute Gasteiger partial charge is 0.166 e. The normalized spacial score (nSPS) is 14.2. The van der Waals surface area contributed by atoms with Gasteiger partial charge in [0.2, 0.25) is 0 Å². The molecule has 0 aromatic heterocycles. The summed E-state index contributed by atoms with van der Waals surface area (Å²) in [5, 5.41) is 6.81. The van der Waals surface area contributed by atoms with Gasteiger partial charge in [-0.2, -0.15) is 0 Å². The molecule has 0 bridgehead atoms. The van der Waals surface area contributed by atoms with E-state index < -0.39 is 0 Å². The minimum absolute atomic E-state index is 0.273. The quantitative estimate of drug-likeness (QED) is 0.620. The third-order valence-corrected chi connectivity index (χ3v) is 2.66. The van der Waals surface area contributed by atoms with Crippen LogP contribution in [0, 0.1) is 5.82 Å². The van der Waals surface area contributed by atoms with Crippen LogP contribution in [0.3, 0.4) is 0 Å². The largest absolute Gasteiger partial charge is 0.489 e. The van der Waals surface area contributed by atoms with Crippen molar-refractivity contribution < 1.29 is 9.13 Å². The lowest BCUT2D eigenvalue weighted by Gasteiger charge is -2.10. The number of para-hydroxylation sites is 1. The van der Waals surface area contributed by atoms with Crippen LogP contribution >= 0.6 is 12.2 Å². The molecule has 0 amide bonds. The number of nitrogens with one attached hydrogen (secondary N) is 2. The summed E-state index contributed by atoms with van der Waals surface area (Å²) in [6.07, 6.45) is 2.38. The number of rotatable bonds is 5. The molecule has 1 aliphatic rings. The van der Waals surface area contributed by atoms with E-state index in [1.165, 1.54) is 18.9 Å². The van der Waals surface area contributed by atoms with Crippen LogP contribution in [0.2, 0.25) is 0 Å². The highest BCUT2D eigenvalue weighted by atomic mass is 32.1. The molecular formula is C12H15FN2OS. The SMILES string of the molecule is Fc1ccccc1OCCNC(=S)NC1CC1. The van der Waals surface area contributed by atoms with Gasteiger partial charge in [0.05, 0.1) is 6.54 Å². The van der Waals surface area contributed by atoms with E-state index in [9.17, 15) is 4.39 Å². The van der Waals surface area contributed by atoms with Crippen molar-refractivity contribution in [1.82, 2.24) is 10.6 Å². The molecule has 0 atom stereocenters. The van der Waals surface area contributed by atoms with E-state index in [0.29, 0.717) is 24.3 Å². The van der Waals surface area contributed by atoms with Gasteiger partial charge in [0, 0.05) is 6.04 Å². The van der Waals surface area contributed by atoms with Gasteiger partial charge in [-0.3, -0.25) is 0 Å². The summed E-state index contributed by atoms with van der Waals surface area (Å²) in [5.41, 5.74) is 0. The summed E-state index contributed by atoms with van der Waals surface area (Å²) in [4.78, 5) is 0. The molecule has 0 radical (unpaired) electrons. The summed E-state index contributed by atoms with van der Waals surface area (Å²) in [5.74, 6) is -0.0680. The van der Waals surface area contributed by atoms with E-state index in [2.05, 4.69) is 10.6 Å². The first-order chi connectivity index (χ1) is 8.25. The lowest BCUT2D eigenvalue weighted by atomic mass is 10.3. The lowest BCUT2D eigenvalue weighted by Crippen LogP contribution is -2.38. The first-order valence-electron chi connectivity index (χ1n) is 5.67. The Hall–Kier alpha value is -1.36. The van der Waals surface area contributed by atoms with Gasteiger partial charge in [-0.15, -0.1) is 0 Å². The van der Waals surface area contributed by atoms with E-state index in [1.54, 1.807) is 18.2 Å². The van der Waals surface area contributed by atoms with Crippen molar-refractivity contribution in [3.63, 3.8) is 0 Å². The molecule has 0 spiro atoms. The maximum absolute atomic E-state index is 13.2. The zero-order valence-corrected chi connectivity index (χ0v) is 10.2. The molecule has 0 aliphatic heterocycles. The summed E-state index contributed by atoms with van der Waals surface area (Å²) in [6, 6.07) is 6.90. The molecule has 0 saturated heterocycles. The van der Waals surface area contributed by atoms with E-state index in [0.717, 1.165) is 0 Å². The predicted molar refractivity (Wildman–Crippen MR) is 68.7 cm³/mol. The van der Waals surface area contributed by atoms with E-state index in [-0.39, 0.29) is 11.6 Å². The van der Waals surface area contributed by atoms with Crippen molar-refractivity contribution in [1.29, 1.82) is 0 Å². The fraction of sp³-hybridized carbons (Fsp3) is 0.417. The van der Waals surface area contributed by atoms with E-state index in [1.807, 2.05) is 0 Å². The van der Waals surface area contributed by atoms with Crippen LogP contribution in [0.4, 0.5) is 4.39 Å². The molecule has 1 aliphatic carbocycles. The summed E-state index contributed by atoms with van der Waals surface area (Å²) in [6.45, 7) is 0.945. The molecule has 1 saturated carbocycles. The Morgan fingerprint density at radius 2 is 2.18 bits per heavy atom. The number of hydrogen-bond acceptors (Lipinski definition) is 2. The van der Waals surface area contributed by atoms with Gasteiger partial charge >= 0.3 is 0 Å². The average molecular weight is 254 g/mol. The Labute approximate surface area is 105 Å². The Morgan fingerprint density at radius 1 is 1.41 bits per heavy atom. The third-order valence-electron chi connectivity index (χ3n) is 2.39. The van der Waals surface area contributed by atoms with Gasteiger partial charge in [-0.1, -0.05) is 12.1 Å². The van der Waals surface area contributed by atoms with Gasteiger partial charge in [-0.25, -0.2) is 4.39 Å². The van der Waals surface area contributed by atoms with Gasteiger partial charge in [-0.05, 0) is 37.2 Å². The number of hydrogen-bond donors (Lipinski definition) is 2.